The van der Waals surface area contributed by atoms with Crippen LogP contribution in [0.15, 0.2) is 6.20 Å². The number of rotatable bonds is 3. The highest BCUT2D eigenvalue weighted by molar-refractivity contribution is 6.34. The van der Waals surface area contributed by atoms with Gasteiger partial charge in [-0.05, 0) is 0 Å². The van der Waals surface area contributed by atoms with Gasteiger partial charge in [0.15, 0.2) is 0 Å². The molecule has 1 aliphatic rings. The Bertz CT molecular complexity index is 711. The fourth-order valence-corrected chi connectivity index (χ4v) is 3.12. The van der Waals surface area contributed by atoms with E-state index in [0.717, 1.165) is 36.6 Å². The summed E-state index contributed by atoms with van der Waals surface area (Å²) in [7, 11) is 0. The van der Waals surface area contributed by atoms with Gasteiger partial charge in [-0.1, -0.05) is 37.0 Å². The predicted molar refractivity (Wildman–Crippen MR) is 90.4 cm³/mol. The fourth-order valence-electron chi connectivity index (χ4n) is 2.60. The van der Waals surface area contributed by atoms with E-state index in [1.807, 2.05) is 6.20 Å². The van der Waals surface area contributed by atoms with E-state index in [9.17, 15) is 0 Å². The predicted octanol–water partition coefficient (Wildman–Crippen LogP) is 2.84. The molecule has 122 valence electrons. The molecule has 0 bridgehead atoms. The van der Waals surface area contributed by atoms with Gasteiger partial charge in [0.1, 0.15) is 16.1 Å². The molecule has 0 saturated heterocycles. The Morgan fingerprint density at radius 2 is 1.91 bits per heavy atom. The van der Waals surface area contributed by atoms with Gasteiger partial charge >= 0.3 is 0 Å². The highest BCUT2D eigenvalue weighted by Crippen LogP contribution is 2.26. The number of nitrogens with zero attached hydrogens (tertiary/aromatic N) is 5. The summed E-state index contributed by atoms with van der Waals surface area (Å²) < 4.78 is 0. The number of fused-ring (bicyclic) bond motifs is 1. The van der Waals surface area contributed by atoms with Crippen molar-refractivity contribution in [1.29, 1.82) is 0 Å². The zero-order valence-corrected chi connectivity index (χ0v) is 14.6. The Labute approximate surface area is 145 Å². The molecule has 3 rings (SSSR count). The van der Waals surface area contributed by atoms with Crippen LogP contribution in [0.5, 0.6) is 0 Å². The van der Waals surface area contributed by atoms with Crippen LogP contribution in [-0.4, -0.2) is 31.4 Å². The summed E-state index contributed by atoms with van der Waals surface area (Å²) >= 11 is 12.3. The van der Waals surface area contributed by atoms with Crippen LogP contribution in [-0.2, 0) is 19.5 Å². The fraction of sp³-hybridized carbons (Fsp3) is 0.467. The molecule has 0 atom stereocenters. The third-order valence-electron chi connectivity index (χ3n) is 3.85. The van der Waals surface area contributed by atoms with E-state index in [1.165, 1.54) is 0 Å². The Hall–Kier alpha value is -1.50. The zero-order valence-electron chi connectivity index (χ0n) is 13.1. The van der Waals surface area contributed by atoms with Gasteiger partial charge in [-0.2, -0.15) is 0 Å². The smallest absolute Gasteiger partial charge is 0.222 e. The molecule has 3 heterocycles. The monoisotopic (exact) mass is 352 g/mol. The summed E-state index contributed by atoms with van der Waals surface area (Å²) in [6.45, 7) is 6.40. The second kappa shape index (κ2) is 6.55. The minimum atomic E-state index is 0.0855. The summed E-state index contributed by atoms with van der Waals surface area (Å²) in [6, 6.07) is 0. The van der Waals surface area contributed by atoms with Crippen molar-refractivity contribution in [3.63, 3.8) is 0 Å². The van der Waals surface area contributed by atoms with Crippen LogP contribution in [0, 0.1) is 0 Å². The molecule has 0 aliphatic carbocycles. The molecule has 8 heteroatoms. The van der Waals surface area contributed by atoms with E-state index < -0.39 is 0 Å². The van der Waals surface area contributed by atoms with Gasteiger partial charge < -0.3 is 5.73 Å². The lowest BCUT2D eigenvalue weighted by molar-refractivity contribution is 0.242. The summed E-state index contributed by atoms with van der Waals surface area (Å²) in [5.41, 5.74) is 8.51. The Morgan fingerprint density at radius 1 is 1.22 bits per heavy atom. The van der Waals surface area contributed by atoms with E-state index in [4.69, 9.17) is 28.9 Å². The third-order valence-corrected chi connectivity index (χ3v) is 4.48. The Kier molecular flexibility index (Phi) is 4.66. The largest absolute Gasteiger partial charge is 0.368 e. The van der Waals surface area contributed by atoms with Gasteiger partial charge in [0.25, 0.3) is 0 Å². The molecule has 0 aromatic carbocycles. The highest BCUT2D eigenvalue weighted by Gasteiger charge is 2.21. The molecule has 0 fully saturated rings. The number of hydrogen-bond donors (Lipinski definition) is 1. The Morgan fingerprint density at radius 3 is 2.57 bits per heavy atom. The molecule has 0 spiro atoms. The summed E-state index contributed by atoms with van der Waals surface area (Å²) in [6.07, 6.45) is 2.80. The molecule has 2 aromatic heterocycles. The standard InChI is InChI=1S/C15H18Cl2N6/c1-8(2)14-19-5-9-6-23(4-3-11(9)20-14)7-10-12(16)21-15(18)22-13(10)17/h5,8H,3-4,6-7H2,1-2H3,(H2,18,21,22). The first-order chi connectivity index (χ1) is 10.9. The average Bonchev–Trinajstić information content (AvgIpc) is 2.50. The first-order valence-corrected chi connectivity index (χ1v) is 8.24. The molecule has 0 unspecified atom stereocenters. The van der Waals surface area contributed by atoms with E-state index in [0.29, 0.717) is 28.3 Å². The maximum absolute atomic E-state index is 6.14. The summed E-state index contributed by atoms with van der Waals surface area (Å²) in [5.74, 6) is 1.32. The number of aromatic nitrogens is 4. The molecular weight excluding hydrogens is 335 g/mol. The highest BCUT2D eigenvalue weighted by atomic mass is 35.5. The van der Waals surface area contributed by atoms with Crippen LogP contribution >= 0.6 is 23.2 Å². The zero-order chi connectivity index (χ0) is 16.6. The summed E-state index contributed by atoms with van der Waals surface area (Å²) in [4.78, 5) is 19.3. The second-order valence-corrected chi connectivity index (χ2v) is 6.67. The third kappa shape index (κ3) is 3.54. The van der Waals surface area contributed by atoms with Gasteiger partial charge in [0, 0.05) is 55.0 Å². The van der Waals surface area contributed by atoms with Gasteiger partial charge in [-0.25, -0.2) is 19.9 Å². The first-order valence-electron chi connectivity index (χ1n) is 7.48. The van der Waals surface area contributed by atoms with Crippen molar-refractivity contribution >= 4 is 29.2 Å². The van der Waals surface area contributed by atoms with Crippen molar-refractivity contribution in [3.05, 3.63) is 39.1 Å². The maximum Gasteiger partial charge on any atom is 0.222 e. The lowest BCUT2D eigenvalue weighted by Gasteiger charge is -2.28. The molecular formula is C15H18Cl2N6. The molecule has 6 nitrogen and oxygen atoms in total. The van der Waals surface area contributed by atoms with Crippen LogP contribution in [0.3, 0.4) is 0 Å². The SMILES string of the molecule is CC(C)c1ncc2c(n1)CCN(Cc1c(Cl)nc(N)nc1Cl)C2. The van der Waals surface area contributed by atoms with E-state index in [2.05, 4.69) is 38.7 Å². The van der Waals surface area contributed by atoms with E-state index >= 15 is 0 Å². The van der Waals surface area contributed by atoms with Crippen LogP contribution in [0.1, 0.15) is 42.4 Å². The van der Waals surface area contributed by atoms with E-state index in [1.54, 1.807) is 0 Å². The number of anilines is 1. The van der Waals surface area contributed by atoms with Crippen molar-refractivity contribution in [2.24, 2.45) is 0 Å². The van der Waals surface area contributed by atoms with Crippen LogP contribution in [0.2, 0.25) is 10.3 Å². The molecule has 2 aromatic rings. The topological polar surface area (TPSA) is 80.8 Å². The van der Waals surface area contributed by atoms with Gasteiger partial charge in [0.2, 0.25) is 5.95 Å². The Balaban J connectivity index is 1.78. The molecule has 1 aliphatic heterocycles. The van der Waals surface area contributed by atoms with Crippen molar-refractivity contribution in [1.82, 2.24) is 24.8 Å². The van der Waals surface area contributed by atoms with Crippen molar-refractivity contribution < 1.29 is 0 Å². The first kappa shape index (κ1) is 16.4. The number of nitrogen functional groups attached to an aromatic ring is 1. The second-order valence-electron chi connectivity index (χ2n) is 5.96. The molecule has 0 radical (unpaired) electrons. The average molecular weight is 353 g/mol. The van der Waals surface area contributed by atoms with Gasteiger partial charge in [-0.3, -0.25) is 4.90 Å². The lowest BCUT2D eigenvalue weighted by atomic mass is 10.1. The van der Waals surface area contributed by atoms with Crippen LogP contribution in [0.4, 0.5) is 5.95 Å². The van der Waals surface area contributed by atoms with Crippen LogP contribution < -0.4 is 5.73 Å². The lowest BCUT2D eigenvalue weighted by Crippen LogP contribution is -2.31. The van der Waals surface area contributed by atoms with Crippen molar-refractivity contribution in [3.8, 4) is 0 Å². The summed E-state index contributed by atoms with van der Waals surface area (Å²) in [5, 5.41) is 0.611. The normalized spacial score (nSPS) is 15.0. The van der Waals surface area contributed by atoms with Gasteiger partial charge in [0.05, 0.1) is 0 Å². The van der Waals surface area contributed by atoms with Crippen molar-refractivity contribution in [2.45, 2.75) is 39.3 Å². The number of hydrogen-bond acceptors (Lipinski definition) is 6. The molecule has 0 amide bonds. The minimum Gasteiger partial charge on any atom is -0.368 e. The van der Waals surface area contributed by atoms with Crippen molar-refractivity contribution in [2.75, 3.05) is 12.3 Å². The van der Waals surface area contributed by atoms with Gasteiger partial charge in [-0.15, -0.1) is 0 Å². The number of nitrogens with two attached hydrogens (primary N) is 1. The van der Waals surface area contributed by atoms with E-state index in [-0.39, 0.29) is 5.95 Å². The molecule has 23 heavy (non-hydrogen) atoms. The molecule has 2 N–H and O–H groups in total. The minimum absolute atomic E-state index is 0.0855. The maximum atomic E-state index is 6.14. The molecule has 0 saturated carbocycles. The van der Waals surface area contributed by atoms with Crippen LogP contribution in [0.25, 0.3) is 0 Å². The number of halogens is 2. The quantitative estimate of drug-likeness (QED) is 0.855.